The van der Waals surface area contributed by atoms with Crippen molar-refractivity contribution in [2.45, 2.75) is 32.2 Å². The fourth-order valence-electron chi connectivity index (χ4n) is 4.29. The van der Waals surface area contributed by atoms with E-state index in [4.69, 9.17) is 21.1 Å². The van der Waals surface area contributed by atoms with Crippen molar-refractivity contribution in [1.29, 1.82) is 0 Å². The maximum atomic E-state index is 6.27. The molecule has 2 bridgehead atoms. The van der Waals surface area contributed by atoms with Crippen LogP contribution in [0, 0.1) is 17.8 Å². The van der Waals surface area contributed by atoms with Gasteiger partial charge in [-0.2, -0.15) is 0 Å². The van der Waals surface area contributed by atoms with E-state index in [0.717, 1.165) is 36.6 Å². The van der Waals surface area contributed by atoms with Crippen LogP contribution in [0.25, 0.3) is 0 Å². The van der Waals surface area contributed by atoms with Gasteiger partial charge in [0, 0.05) is 6.54 Å². The summed E-state index contributed by atoms with van der Waals surface area (Å²) < 4.78 is 11.2. The zero-order chi connectivity index (χ0) is 14.2. The van der Waals surface area contributed by atoms with Crippen LogP contribution in [0.15, 0.2) is 12.1 Å². The molecule has 0 spiro atoms. The summed E-state index contributed by atoms with van der Waals surface area (Å²) in [4.78, 5) is 0. The lowest BCUT2D eigenvalue weighted by molar-refractivity contribution is 0.171. The third-order valence-electron chi connectivity index (χ3n) is 5.28. The van der Waals surface area contributed by atoms with Crippen LogP contribution in [-0.4, -0.2) is 19.8 Å². The van der Waals surface area contributed by atoms with Gasteiger partial charge in [0.05, 0.1) is 5.02 Å². The lowest BCUT2D eigenvalue weighted by Crippen LogP contribution is -2.26. The van der Waals surface area contributed by atoms with Gasteiger partial charge in [-0.3, -0.25) is 0 Å². The fourth-order valence-corrected chi connectivity index (χ4v) is 4.58. The molecule has 3 atom stereocenters. The average molecular weight is 308 g/mol. The van der Waals surface area contributed by atoms with Gasteiger partial charge in [-0.05, 0) is 61.3 Å². The summed E-state index contributed by atoms with van der Waals surface area (Å²) in [7, 11) is 0. The van der Waals surface area contributed by atoms with Gasteiger partial charge in [0.1, 0.15) is 13.2 Å². The molecule has 114 valence electrons. The van der Waals surface area contributed by atoms with E-state index >= 15 is 0 Å². The Morgan fingerprint density at radius 3 is 2.86 bits per heavy atom. The molecular weight excluding hydrogens is 286 g/mol. The Morgan fingerprint density at radius 1 is 1.14 bits per heavy atom. The van der Waals surface area contributed by atoms with Gasteiger partial charge in [0.2, 0.25) is 0 Å². The Balaban J connectivity index is 1.35. The summed E-state index contributed by atoms with van der Waals surface area (Å²) in [5, 5.41) is 4.26. The lowest BCUT2D eigenvalue weighted by Gasteiger charge is -2.23. The van der Waals surface area contributed by atoms with Crippen molar-refractivity contribution in [3.8, 4) is 11.5 Å². The topological polar surface area (TPSA) is 30.5 Å². The normalized spacial score (nSPS) is 29.9. The third-order valence-corrected chi connectivity index (χ3v) is 5.56. The van der Waals surface area contributed by atoms with E-state index in [1.165, 1.54) is 31.2 Å². The monoisotopic (exact) mass is 307 g/mol. The van der Waals surface area contributed by atoms with Gasteiger partial charge >= 0.3 is 0 Å². The minimum Gasteiger partial charge on any atom is -0.486 e. The second-order valence-corrected chi connectivity index (χ2v) is 7.07. The minimum absolute atomic E-state index is 0.578. The van der Waals surface area contributed by atoms with Crippen molar-refractivity contribution in [3.63, 3.8) is 0 Å². The molecule has 1 aromatic rings. The van der Waals surface area contributed by atoms with Gasteiger partial charge in [-0.25, -0.2) is 0 Å². The molecule has 3 unspecified atom stereocenters. The molecule has 3 aliphatic rings. The molecule has 2 aliphatic carbocycles. The van der Waals surface area contributed by atoms with Crippen LogP contribution in [0.3, 0.4) is 0 Å². The fraction of sp³-hybridized carbons (Fsp3) is 0.647. The number of benzene rings is 1. The summed E-state index contributed by atoms with van der Waals surface area (Å²) in [6.45, 7) is 3.16. The second-order valence-electron chi connectivity index (χ2n) is 6.67. The first-order valence-electron chi connectivity index (χ1n) is 8.08. The van der Waals surface area contributed by atoms with Gasteiger partial charge in [-0.15, -0.1) is 0 Å². The highest BCUT2D eigenvalue weighted by molar-refractivity contribution is 6.32. The number of hydrogen-bond donors (Lipinski definition) is 1. The number of hydrogen-bond acceptors (Lipinski definition) is 3. The van der Waals surface area contributed by atoms with Crippen molar-refractivity contribution in [2.24, 2.45) is 17.8 Å². The maximum Gasteiger partial charge on any atom is 0.179 e. The quantitative estimate of drug-likeness (QED) is 0.921. The highest BCUT2D eigenvalue weighted by Crippen LogP contribution is 2.48. The van der Waals surface area contributed by atoms with Crippen LogP contribution >= 0.6 is 11.6 Å². The van der Waals surface area contributed by atoms with E-state index in [9.17, 15) is 0 Å². The highest BCUT2D eigenvalue weighted by Gasteiger charge is 2.38. The largest absolute Gasteiger partial charge is 0.486 e. The molecule has 1 aromatic carbocycles. The van der Waals surface area contributed by atoms with E-state index < -0.39 is 0 Å². The summed E-state index contributed by atoms with van der Waals surface area (Å²) in [6.07, 6.45) is 5.83. The molecule has 4 rings (SSSR count). The first kappa shape index (κ1) is 13.7. The molecule has 1 aliphatic heterocycles. The smallest absolute Gasteiger partial charge is 0.179 e. The Kier molecular flexibility index (Phi) is 3.72. The first-order chi connectivity index (χ1) is 10.3. The van der Waals surface area contributed by atoms with Gasteiger partial charge in [-0.1, -0.05) is 18.0 Å². The molecule has 0 radical (unpaired) electrons. The highest BCUT2D eigenvalue weighted by atomic mass is 35.5. The van der Waals surface area contributed by atoms with E-state index in [2.05, 4.69) is 5.32 Å². The molecule has 4 heteroatoms. The molecule has 1 heterocycles. The van der Waals surface area contributed by atoms with E-state index in [1.54, 1.807) is 0 Å². The van der Waals surface area contributed by atoms with Gasteiger partial charge in [0.15, 0.2) is 11.5 Å². The second kappa shape index (κ2) is 5.69. The SMILES string of the molecule is Clc1cc(CNCC2CC3CCC2C3)cc2c1OCCO2. The predicted octanol–water partition coefficient (Wildman–Crippen LogP) is 3.64. The molecular formula is C17H22ClNO2. The molecule has 3 nitrogen and oxygen atoms in total. The van der Waals surface area contributed by atoms with E-state index in [1.807, 2.05) is 12.1 Å². The Labute approximate surface area is 131 Å². The standard InChI is InChI=1S/C17H22ClNO2/c18-15-7-12(8-16-17(15)21-4-3-20-16)9-19-10-14-6-11-1-2-13(14)5-11/h7-8,11,13-14,19H,1-6,9-10H2. The zero-order valence-corrected chi connectivity index (χ0v) is 13.0. The summed E-state index contributed by atoms with van der Waals surface area (Å²) in [5.74, 6) is 4.36. The van der Waals surface area contributed by atoms with Crippen LogP contribution in [0.4, 0.5) is 0 Å². The number of rotatable bonds is 4. The van der Waals surface area contributed by atoms with Crippen LogP contribution < -0.4 is 14.8 Å². The Hall–Kier alpha value is -0.930. The predicted molar refractivity (Wildman–Crippen MR) is 83.1 cm³/mol. The number of fused-ring (bicyclic) bond motifs is 3. The molecule has 2 saturated carbocycles. The lowest BCUT2D eigenvalue weighted by atomic mass is 9.89. The van der Waals surface area contributed by atoms with E-state index in [0.29, 0.717) is 24.0 Å². The van der Waals surface area contributed by atoms with Crippen molar-refractivity contribution >= 4 is 11.6 Å². The number of nitrogens with one attached hydrogen (secondary N) is 1. The van der Waals surface area contributed by atoms with Crippen LogP contribution in [0.2, 0.25) is 5.02 Å². The van der Waals surface area contributed by atoms with Crippen LogP contribution in [0.1, 0.15) is 31.2 Å². The molecule has 21 heavy (non-hydrogen) atoms. The maximum absolute atomic E-state index is 6.27. The van der Waals surface area contributed by atoms with Crippen LogP contribution in [0.5, 0.6) is 11.5 Å². The Bertz CT molecular complexity index is 534. The van der Waals surface area contributed by atoms with Crippen molar-refractivity contribution in [2.75, 3.05) is 19.8 Å². The number of ether oxygens (including phenoxy) is 2. The molecule has 0 saturated heterocycles. The summed E-state index contributed by atoms with van der Waals surface area (Å²) in [5.41, 5.74) is 1.17. The van der Waals surface area contributed by atoms with Gasteiger partial charge < -0.3 is 14.8 Å². The van der Waals surface area contributed by atoms with Crippen molar-refractivity contribution in [1.82, 2.24) is 5.32 Å². The summed E-state index contributed by atoms with van der Waals surface area (Å²) in [6, 6.07) is 4.04. The molecule has 1 N–H and O–H groups in total. The molecule has 0 aromatic heterocycles. The molecule has 0 amide bonds. The van der Waals surface area contributed by atoms with Crippen molar-refractivity contribution in [3.05, 3.63) is 22.7 Å². The molecule has 2 fully saturated rings. The van der Waals surface area contributed by atoms with Crippen molar-refractivity contribution < 1.29 is 9.47 Å². The first-order valence-corrected chi connectivity index (χ1v) is 8.46. The summed E-state index contributed by atoms with van der Waals surface area (Å²) >= 11 is 6.27. The zero-order valence-electron chi connectivity index (χ0n) is 12.2. The minimum atomic E-state index is 0.578. The average Bonchev–Trinajstić information content (AvgIpc) is 3.10. The van der Waals surface area contributed by atoms with Gasteiger partial charge in [0.25, 0.3) is 0 Å². The van der Waals surface area contributed by atoms with E-state index in [-0.39, 0.29) is 0 Å². The third kappa shape index (κ3) is 2.74. The Morgan fingerprint density at radius 2 is 2.05 bits per heavy atom. The number of halogens is 1. The van der Waals surface area contributed by atoms with Crippen LogP contribution in [-0.2, 0) is 6.54 Å².